The van der Waals surface area contributed by atoms with Crippen molar-refractivity contribution in [1.29, 1.82) is 0 Å². The lowest BCUT2D eigenvalue weighted by atomic mass is 10.1. The van der Waals surface area contributed by atoms with Crippen molar-refractivity contribution in [1.82, 2.24) is 0 Å². The number of rotatable bonds is 53. The zero-order valence-corrected chi connectivity index (χ0v) is 46.0. The molecule has 0 bridgehead atoms. The third-order valence-electron chi connectivity index (χ3n) is 12.6. The highest BCUT2D eigenvalue weighted by atomic mass is 16.6. The highest BCUT2D eigenvalue weighted by Crippen LogP contribution is 2.15. The van der Waals surface area contributed by atoms with Gasteiger partial charge in [-0.2, -0.15) is 0 Å². The van der Waals surface area contributed by atoms with E-state index >= 15 is 0 Å². The summed E-state index contributed by atoms with van der Waals surface area (Å²) < 4.78 is 16.9. The molecule has 70 heavy (non-hydrogen) atoms. The van der Waals surface area contributed by atoms with Crippen LogP contribution in [-0.2, 0) is 28.6 Å². The van der Waals surface area contributed by atoms with E-state index in [2.05, 4.69) is 106 Å². The predicted molar refractivity (Wildman–Crippen MR) is 302 cm³/mol. The zero-order chi connectivity index (χ0) is 50.7. The second-order valence-electron chi connectivity index (χ2n) is 19.5. The van der Waals surface area contributed by atoms with Gasteiger partial charge in [0.25, 0.3) is 0 Å². The molecule has 0 aromatic carbocycles. The summed E-state index contributed by atoms with van der Waals surface area (Å²) in [5, 5.41) is 0. The predicted octanol–water partition coefficient (Wildman–Crippen LogP) is 19.9. The van der Waals surface area contributed by atoms with Gasteiger partial charge in [-0.25, -0.2) is 0 Å². The van der Waals surface area contributed by atoms with E-state index in [0.717, 1.165) is 109 Å². The first-order chi connectivity index (χ1) is 34.5. The van der Waals surface area contributed by atoms with Gasteiger partial charge in [-0.3, -0.25) is 14.4 Å². The first kappa shape index (κ1) is 66.6. The minimum atomic E-state index is -0.791. The maximum Gasteiger partial charge on any atom is 0.306 e. The van der Waals surface area contributed by atoms with Gasteiger partial charge in [0.1, 0.15) is 13.2 Å². The van der Waals surface area contributed by atoms with Gasteiger partial charge in [-0.05, 0) is 109 Å². The average molecular weight is 976 g/mol. The summed E-state index contributed by atoms with van der Waals surface area (Å²) in [6.07, 6.45) is 75.8. The largest absolute Gasteiger partial charge is 0.462 e. The summed E-state index contributed by atoms with van der Waals surface area (Å²) in [4.78, 5) is 38.2. The van der Waals surface area contributed by atoms with Crippen LogP contribution in [0.5, 0.6) is 0 Å². The molecule has 1 unspecified atom stereocenters. The Bertz CT molecular complexity index is 1350. The van der Waals surface area contributed by atoms with Gasteiger partial charge in [0, 0.05) is 19.3 Å². The normalized spacial score (nSPS) is 12.7. The molecule has 0 aliphatic carbocycles. The molecule has 0 spiro atoms. The summed E-state index contributed by atoms with van der Waals surface area (Å²) in [6, 6.07) is 0. The quantitative estimate of drug-likeness (QED) is 0.0261. The third-order valence-corrected chi connectivity index (χ3v) is 12.6. The highest BCUT2D eigenvalue weighted by molar-refractivity contribution is 5.71. The Morgan fingerprint density at radius 2 is 0.557 bits per heavy atom. The van der Waals surface area contributed by atoms with Gasteiger partial charge >= 0.3 is 17.9 Å². The van der Waals surface area contributed by atoms with Crippen LogP contribution in [0.1, 0.15) is 284 Å². The minimum absolute atomic E-state index is 0.0881. The number of carbonyl (C=O) groups is 3. The first-order valence-electron chi connectivity index (χ1n) is 29.6. The Morgan fingerprint density at radius 1 is 0.300 bits per heavy atom. The van der Waals surface area contributed by atoms with Crippen LogP contribution in [-0.4, -0.2) is 37.2 Å². The number of esters is 3. The Hall–Kier alpha value is -3.41. The lowest BCUT2D eigenvalue weighted by molar-refractivity contribution is -0.167. The Morgan fingerprint density at radius 3 is 0.886 bits per heavy atom. The van der Waals surface area contributed by atoms with Gasteiger partial charge < -0.3 is 14.2 Å². The van der Waals surface area contributed by atoms with Crippen molar-refractivity contribution in [2.45, 2.75) is 290 Å². The molecule has 0 saturated carbocycles. The fourth-order valence-electron chi connectivity index (χ4n) is 8.23. The van der Waals surface area contributed by atoms with Crippen LogP contribution in [0.2, 0.25) is 0 Å². The second-order valence-corrected chi connectivity index (χ2v) is 19.5. The smallest absolute Gasteiger partial charge is 0.306 e. The Balaban J connectivity index is 4.40. The van der Waals surface area contributed by atoms with Crippen LogP contribution >= 0.6 is 0 Å². The number of carbonyl (C=O) groups excluding carboxylic acids is 3. The fourth-order valence-corrected chi connectivity index (χ4v) is 8.23. The van der Waals surface area contributed by atoms with E-state index < -0.39 is 6.10 Å². The molecule has 0 amide bonds. The van der Waals surface area contributed by atoms with Crippen LogP contribution < -0.4 is 0 Å². The van der Waals surface area contributed by atoms with Gasteiger partial charge in [-0.1, -0.05) is 241 Å². The number of unbranched alkanes of at least 4 members (excludes halogenated alkanes) is 28. The van der Waals surface area contributed by atoms with E-state index in [4.69, 9.17) is 14.2 Å². The standard InChI is InChI=1S/C64H110O6/c1-4-7-10-13-16-19-22-25-28-30-32-34-36-39-42-45-48-51-54-57-63(66)69-60-61(59-68-62(65)56-53-50-47-44-41-38-27-24-21-18-15-12-9-6-3)70-64(67)58-55-52-49-46-43-40-37-35-33-31-29-26-23-20-17-14-11-8-5-2/h7,9-10,12,16,18-19,21,25,27-28,31,33,38,61H,4-6,8,11,13-15,17,20,22-24,26,29-30,32,34-37,39-60H2,1-3H3/b10-7-,12-9-,19-16-,21-18-,28-25-,33-31-,38-27-. The minimum Gasteiger partial charge on any atom is -0.462 e. The van der Waals surface area contributed by atoms with E-state index in [1.165, 1.54) is 135 Å². The van der Waals surface area contributed by atoms with E-state index in [1.807, 2.05) is 0 Å². The van der Waals surface area contributed by atoms with Crippen LogP contribution in [0.3, 0.4) is 0 Å². The van der Waals surface area contributed by atoms with Crippen LogP contribution in [0, 0.1) is 0 Å². The van der Waals surface area contributed by atoms with Gasteiger partial charge in [0.05, 0.1) is 0 Å². The molecule has 6 nitrogen and oxygen atoms in total. The molecule has 6 heteroatoms. The molecule has 0 saturated heterocycles. The van der Waals surface area contributed by atoms with Crippen molar-refractivity contribution < 1.29 is 28.6 Å². The molecule has 0 aromatic rings. The summed E-state index contributed by atoms with van der Waals surface area (Å²) in [6.45, 7) is 6.41. The van der Waals surface area contributed by atoms with Gasteiger partial charge in [0.2, 0.25) is 0 Å². The van der Waals surface area contributed by atoms with Gasteiger partial charge in [-0.15, -0.1) is 0 Å². The van der Waals surface area contributed by atoms with E-state index in [-0.39, 0.29) is 31.1 Å². The van der Waals surface area contributed by atoms with E-state index in [9.17, 15) is 14.4 Å². The van der Waals surface area contributed by atoms with Crippen molar-refractivity contribution in [3.05, 3.63) is 85.1 Å². The molecule has 402 valence electrons. The van der Waals surface area contributed by atoms with Crippen LogP contribution in [0.25, 0.3) is 0 Å². The lowest BCUT2D eigenvalue weighted by Gasteiger charge is -2.18. The van der Waals surface area contributed by atoms with Crippen molar-refractivity contribution in [2.75, 3.05) is 13.2 Å². The summed E-state index contributed by atoms with van der Waals surface area (Å²) >= 11 is 0. The number of allylic oxidation sites excluding steroid dienone is 14. The van der Waals surface area contributed by atoms with Gasteiger partial charge in [0.15, 0.2) is 6.10 Å². The molecule has 0 fully saturated rings. The number of ether oxygens (including phenoxy) is 3. The monoisotopic (exact) mass is 975 g/mol. The van der Waals surface area contributed by atoms with Crippen molar-refractivity contribution in [3.63, 3.8) is 0 Å². The number of hydrogen-bond donors (Lipinski definition) is 0. The molecule has 0 heterocycles. The maximum absolute atomic E-state index is 12.9. The third kappa shape index (κ3) is 55.5. The summed E-state index contributed by atoms with van der Waals surface area (Å²) in [5.74, 6) is -0.913. The molecule has 0 N–H and O–H groups in total. The van der Waals surface area contributed by atoms with Crippen LogP contribution in [0.15, 0.2) is 85.1 Å². The Kier molecular flexibility index (Phi) is 55.3. The molecule has 0 aliphatic heterocycles. The van der Waals surface area contributed by atoms with Crippen molar-refractivity contribution in [3.8, 4) is 0 Å². The SMILES string of the molecule is CC/C=C\C/C=C\C/C=C\CCCCCCCCCCCC(=O)OCC(COC(=O)CCCCCC/C=C\C/C=C\C/C=C\CC)OC(=O)CCCCCCCCC/C=C\CCCCCCCCCC. The summed E-state index contributed by atoms with van der Waals surface area (Å²) in [5.41, 5.74) is 0. The van der Waals surface area contributed by atoms with Crippen molar-refractivity contribution in [2.24, 2.45) is 0 Å². The maximum atomic E-state index is 12.9. The lowest BCUT2D eigenvalue weighted by Crippen LogP contribution is -2.30. The molecular weight excluding hydrogens is 865 g/mol. The van der Waals surface area contributed by atoms with Crippen LogP contribution in [0.4, 0.5) is 0 Å². The molecule has 1 atom stereocenters. The molecule has 0 rings (SSSR count). The zero-order valence-electron chi connectivity index (χ0n) is 46.0. The average Bonchev–Trinajstić information content (AvgIpc) is 3.36. The first-order valence-corrected chi connectivity index (χ1v) is 29.6. The fraction of sp³-hybridized carbons (Fsp3) is 0.734. The summed E-state index contributed by atoms with van der Waals surface area (Å²) in [7, 11) is 0. The topological polar surface area (TPSA) is 78.9 Å². The Labute approximate surface area is 433 Å². The second kappa shape index (κ2) is 58.2. The van der Waals surface area contributed by atoms with Crippen molar-refractivity contribution >= 4 is 17.9 Å². The number of hydrogen-bond acceptors (Lipinski definition) is 6. The molecule has 0 aromatic heterocycles. The molecular formula is C64H110O6. The van der Waals surface area contributed by atoms with E-state index in [0.29, 0.717) is 19.3 Å². The highest BCUT2D eigenvalue weighted by Gasteiger charge is 2.19. The van der Waals surface area contributed by atoms with E-state index in [1.54, 1.807) is 0 Å². The molecule has 0 radical (unpaired) electrons. The molecule has 0 aliphatic rings.